The van der Waals surface area contributed by atoms with Crippen LogP contribution in [-0.2, 0) is 32.2 Å². The van der Waals surface area contributed by atoms with Gasteiger partial charge in [-0.1, -0.05) is 48.5 Å². The number of carbonyl (C=O) groups excluding carboxylic acids is 2. The summed E-state index contributed by atoms with van der Waals surface area (Å²) in [6.07, 6.45) is 0.290. The molecule has 0 aliphatic carbocycles. The predicted molar refractivity (Wildman–Crippen MR) is 167 cm³/mol. The van der Waals surface area contributed by atoms with E-state index in [9.17, 15) is 9.59 Å². The molecule has 1 aliphatic heterocycles. The van der Waals surface area contributed by atoms with Crippen LogP contribution in [-0.4, -0.2) is 69.6 Å². The Morgan fingerprint density at radius 2 is 1.53 bits per heavy atom. The van der Waals surface area contributed by atoms with Gasteiger partial charge in [0.15, 0.2) is 0 Å². The molecule has 1 fully saturated rings. The summed E-state index contributed by atoms with van der Waals surface area (Å²) in [5.41, 5.74) is 2.43. The van der Waals surface area contributed by atoms with Gasteiger partial charge in [0.1, 0.15) is 23.6 Å². The van der Waals surface area contributed by atoms with Crippen molar-refractivity contribution in [3.05, 3.63) is 90.0 Å². The van der Waals surface area contributed by atoms with Gasteiger partial charge in [-0.15, -0.1) is 0 Å². The number of hydrogen-bond donors (Lipinski definition) is 0. The Kier molecular flexibility index (Phi) is 13.3. The van der Waals surface area contributed by atoms with E-state index < -0.39 is 11.7 Å². The first-order valence-electron chi connectivity index (χ1n) is 14.4. The highest BCUT2D eigenvalue weighted by Crippen LogP contribution is 2.23. The van der Waals surface area contributed by atoms with Crippen molar-refractivity contribution >= 4 is 17.7 Å². The molecule has 0 aromatic heterocycles. The number of piperazine rings is 1. The largest absolute Gasteiger partial charge is 0.496 e. The number of ether oxygens (including phenoxy) is 5. The van der Waals surface area contributed by atoms with Gasteiger partial charge in [-0.05, 0) is 56.7 Å². The van der Waals surface area contributed by atoms with Crippen molar-refractivity contribution in [1.82, 2.24) is 4.90 Å². The van der Waals surface area contributed by atoms with Crippen molar-refractivity contribution in [2.45, 2.75) is 46.0 Å². The molecule has 0 saturated carbocycles. The number of amides is 2. The molecule has 0 spiro atoms. The van der Waals surface area contributed by atoms with E-state index in [-0.39, 0.29) is 12.5 Å². The summed E-state index contributed by atoms with van der Waals surface area (Å²) in [7, 11) is 3.35. The van der Waals surface area contributed by atoms with Gasteiger partial charge >= 0.3 is 6.09 Å². The van der Waals surface area contributed by atoms with Crippen molar-refractivity contribution in [2.75, 3.05) is 52.0 Å². The lowest BCUT2D eigenvalue weighted by molar-refractivity contribution is -0.121. The predicted octanol–water partition coefficient (Wildman–Crippen LogP) is 6.10. The minimum atomic E-state index is -0.589. The Balaban J connectivity index is 0.000000480. The first-order chi connectivity index (χ1) is 20.7. The highest BCUT2D eigenvalue weighted by atomic mass is 16.6. The molecule has 4 rings (SSSR count). The van der Waals surface area contributed by atoms with Crippen LogP contribution in [0.4, 0.5) is 10.5 Å². The normalized spacial score (nSPS) is 13.2. The quantitative estimate of drug-likeness (QED) is 0.249. The van der Waals surface area contributed by atoms with E-state index in [2.05, 4.69) is 0 Å². The summed E-state index contributed by atoms with van der Waals surface area (Å²) >= 11 is 0. The SMILES string of the molecule is COCc1ccccc1.COc1ccccc1COCCCOc1ccc(N2CCN(C(=O)OC(C)(C)C)CC2=O)cc1. The smallest absolute Gasteiger partial charge is 0.410 e. The van der Waals surface area contributed by atoms with E-state index in [1.807, 2.05) is 99.6 Å². The van der Waals surface area contributed by atoms with Crippen LogP contribution in [0.5, 0.6) is 11.5 Å². The first kappa shape index (κ1) is 33.4. The third kappa shape index (κ3) is 11.6. The molecular formula is C34H44N2O7. The van der Waals surface area contributed by atoms with Crippen LogP contribution in [0.3, 0.4) is 0 Å². The van der Waals surface area contributed by atoms with Crippen LogP contribution >= 0.6 is 0 Å². The number of benzene rings is 3. The van der Waals surface area contributed by atoms with E-state index in [4.69, 9.17) is 23.7 Å². The van der Waals surface area contributed by atoms with E-state index in [0.717, 1.165) is 29.2 Å². The molecule has 1 heterocycles. The zero-order chi connectivity index (χ0) is 31.1. The fourth-order valence-corrected chi connectivity index (χ4v) is 4.25. The van der Waals surface area contributed by atoms with E-state index in [1.165, 1.54) is 10.5 Å². The zero-order valence-electron chi connectivity index (χ0n) is 25.9. The van der Waals surface area contributed by atoms with Crippen molar-refractivity contribution in [1.29, 1.82) is 0 Å². The molecule has 0 N–H and O–H groups in total. The summed E-state index contributed by atoms with van der Waals surface area (Å²) in [4.78, 5) is 27.9. The Labute approximate surface area is 255 Å². The highest BCUT2D eigenvalue weighted by Gasteiger charge is 2.30. The maximum absolute atomic E-state index is 12.6. The fourth-order valence-electron chi connectivity index (χ4n) is 4.25. The summed E-state index contributed by atoms with van der Waals surface area (Å²) in [5.74, 6) is 1.41. The standard InChI is InChI=1S/C26H34N2O6.C8H10O/c1-26(2,3)34-25(30)27-14-15-28(24(29)18-27)21-10-12-22(13-11-21)33-17-7-16-32-19-20-8-5-6-9-23(20)31-4;1-9-7-8-5-3-2-4-6-8/h5-6,8-13H,7,14-19H2,1-4H3;2-6H,7H2,1H3. The molecule has 0 unspecified atom stereocenters. The molecule has 9 heteroatoms. The summed E-state index contributed by atoms with van der Waals surface area (Å²) in [5, 5.41) is 0. The van der Waals surface area contributed by atoms with Gasteiger partial charge in [0, 0.05) is 37.9 Å². The lowest BCUT2D eigenvalue weighted by Gasteiger charge is -2.35. The topological polar surface area (TPSA) is 86.8 Å². The molecular weight excluding hydrogens is 548 g/mol. The minimum absolute atomic E-state index is 0.00200. The van der Waals surface area contributed by atoms with Gasteiger partial charge in [0.05, 0.1) is 33.5 Å². The molecule has 0 bridgehead atoms. The Morgan fingerprint density at radius 1 is 0.837 bits per heavy atom. The number of rotatable bonds is 11. The van der Waals surface area contributed by atoms with Crippen LogP contribution in [0.15, 0.2) is 78.9 Å². The van der Waals surface area contributed by atoms with Crippen LogP contribution < -0.4 is 14.4 Å². The monoisotopic (exact) mass is 592 g/mol. The van der Waals surface area contributed by atoms with E-state index in [0.29, 0.717) is 39.5 Å². The zero-order valence-corrected chi connectivity index (χ0v) is 25.9. The maximum Gasteiger partial charge on any atom is 0.410 e. The van der Waals surface area contributed by atoms with E-state index >= 15 is 0 Å². The van der Waals surface area contributed by atoms with Crippen molar-refractivity contribution < 1.29 is 33.3 Å². The van der Waals surface area contributed by atoms with Crippen LogP contribution in [0.1, 0.15) is 38.3 Å². The second-order valence-electron chi connectivity index (χ2n) is 10.9. The second-order valence-corrected chi connectivity index (χ2v) is 10.9. The summed E-state index contributed by atoms with van der Waals surface area (Å²) in [6, 6.07) is 25.3. The van der Waals surface area contributed by atoms with Crippen molar-refractivity contribution in [2.24, 2.45) is 0 Å². The molecule has 2 amide bonds. The molecule has 1 aliphatic rings. The number of para-hydroxylation sites is 1. The van der Waals surface area contributed by atoms with Crippen molar-refractivity contribution in [3.63, 3.8) is 0 Å². The van der Waals surface area contributed by atoms with Gasteiger partial charge in [0.2, 0.25) is 5.91 Å². The van der Waals surface area contributed by atoms with Crippen molar-refractivity contribution in [3.8, 4) is 11.5 Å². The third-order valence-corrected chi connectivity index (χ3v) is 6.33. The molecule has 3 aromatic carbocycles. The molecule has 0 atom stereocenters. The average molecular weight is 593 g/mol. The molecule has 0 radical (unpaired) electrons. The number of carbonyl (C=O) groups is 2. The van der Waals surface area contributed by atoms with E-state index in [1.54, 1.807) is 19.1 Å². The summed E-state index contributed by atoms with van der Waals surface area (Å²) in [6.45, 7) is 8.57. The van der Waals surface area contributed by atoms with Gasteiger partial charge in [0.25, 0.3) is 0 Å². The van der Waals surface area contributed by atoms with Gasteiger partial charge in [-0.3, -0.25) is 9.69 Å². The number of methoxy groups -OCH3 is 2. The van der Waals surface area contributed by atoms with Crippen LogP contribution in [0, 0.1) is 0 Å². The third-order valence-electron chi connectivity index (χ3n) is 6.33. The average Bonchev–Trinajstić information content (AvgIpc) is 2.99. The van der Waals surface area contributed by atoms with Crippen LogP contribution in [0.25, 0.3) is 0 Å². The lowest BCUT2D eigenvalue weighted by Crippen LogP contribution is -2.53. The highest BCUT2D eigenvalue weighted by molar-refractivity contribution is 5.97. The Hall–Kier alpha value is -4.08. The number of hydrogen-bond acceptors (Lipinski definition) is 7. The minimum Gasteiger partial charge on any atom is -0.496 e. The van der Waals surface area contributed by atoms with Gasteiger partial charge in [-0.25, -0.2) is 4.79 Å². The van der Waals surface area contributed by atoms with Gasteiger partial charge < -0.3 is 28.6 Å². The Morgan fingerprint density at radius 3 is 2.19 bits per heavy atom. The maximum atomic E-state index is 12.6. The molecule has 9 nitrogen and oxygen atoms in total. The molecule has 43 heavy (non-hydrogen) atoms. The molecule has 1 saturated heterocycles. The second kappa shape index (κ2) is 17.1. The number of nitrogens with zero attached hydrogens (tertiary/aromatic N) is 2. The molecule has 3 aromatic rings. The first-order valence-corrected chi connectivity index (χ1v) is 14.4. The van der Waals surface area contributed by atoms with Gasteiger partial charge in [-0.2, -0.15) is 0 Å². The summed E-state index contributed by atoms with van der Waals surface area (Å²) < 4.78 is 27.1. The Bertz CT molecular complexity index is 1260. The number of anilines is 1. The van der Waals surface area contributed by atoms with Crippen LogP contribution in [0.2, 0.25) is 0 Å². The fraction of sp³-hybridized carbons (Fsp3) is 0.412. The molecule has 232 valence electrons. The lowest BCUT2D eigenvalue weighted by atomic mass is 10.2.